The number of ketones is 1. The van der Waals surface area contributed by atoms with E-state index in [-0.39, 0.29) is 5.78 Å². The maximum Gasteiger partial charge on any atom is 0.340 e. The summed E-state index contributed by atoms with van der Waals surface area (Å²) in [6.07, 6.45) is 0. The molecule has 0 unspecified atom stereocenters. The van der Waals surface area contributed by atoms with Crippen LogP contribution in [0.4, 0.5) is 0 Å². The van der Waals surface area contributed by atoms with Gasteiger partial charge in [0.05, 0.1) is 0 Å². The van der Waals surface area contributed by atoms with Crippen molar-refractivity contribution in [1.29, 1.82) is 0 Å². The number of hydrogen-bond donors (Lipinski definition) is 0. The van der Waals surface area contributed by atoms with Crippen molar-refractivity contribution in [2.45, 2.75) is 20.8 Å². The second-order valence-corrected chi connectivity index (χ2v) is 5.05. The molecule has 2 aromatic heterocycles. The predicted octanol–water partition coefficient (Wildman–Crippen LogP) is 3.87. The molecule has 2 heterocycles. The number of hydrogen-bond acceptors (Lipinski definition) is 4. The fraction of sp³-hybridized carbons (Fsp3) is 0.176. The van der Waals surface area contributed by atoms with Crippen molar-refractivity contribution in [1.82, 2.24) is 0 Å². The Bertz CT molecular complexity index is 879. The van der Waals surface area contributed by atoms with Gasteiger partial charge in [-0.3, -0.25) is 4.79 Å². The van der Waals surface area contributed by atoms with Gasteiger partial charge in [-0.25, -0.2) is 4.79 Å². The average molecular weight is 282 g/mol. The molecule has 0 aliphatic carbocycles. The Morgan fingerprint density at radius 1 is 1.05 bits per heavy atom. The number of Topliss-reactive ketones (excluding diaryl/α,β-unsaturated/α-hetero) is 1. The lowest BCUT2D eigenvalue weighted by atomic mass is 10.0. The summed E-state index contributed by atoms with van der Waals surface area (Å²) in [6.45, 7) is 4.80. The molecular weight excluding hydrogens is 268 g/mol. The van der Waals surface area contributed by atoms with Crippen LogP contribution in [-0.4, -0.2) is 5.78 Å². The van der Waals surface area contributed by atoms with Crippen molar-refractivity contribution in [3.8, 4) is 11.5 Å². The third kappa shape index (κ3) is 2.09. The van der Waals surface area contributed by atoms with Crippen molar-refractivity contribution in [3.05, 3.63) is 57.4 Å². The van der Waals surface area contributed by atoms with E-state index < -0.39 is 5.63 Å². The standard InChI is InChI=1S/C17H14O4/c1-9-15(11(3)18)10(2)17(19)21-16(9)14-8-12-6-4-5-7-13(12)20-14/h4-8H,1-3H3. The van der Waals surface area contributed by atoms with Crippen LogP contribution in [0, 0.1) is 13.8 Å². The van der Waals surface area contributed by atoms with Gasteiger partial charge < -0.3 is 8.83 Å². The summed E-state index contributed by atoms with van der Waals surface area (Å²) in [5.74, 6) is 0.607. The largest absolute Gasteiger partial charge is 0.453 e. The van der Waals surface area contributed by atoms with Crippen LogP contribution in [0.15, 0.2) is 44.0 Å². The van der Waals surface area contributed by atoms with Gasteiger partial charge in [0.25, 0.3) is 0 Å². The van der Waals surface area contributed by atoms with Crippen LogP contribution in [0.3, 0.4) is 0 Å². The van der Waals surface area contributed by atoms with Crippen molar-refractivity contribution in [3.63, 3.8) is 0 Å². The highest BCUT2D eigenvalue weighted by Gasteiger charge is 2.20. The van der Waals surface area contributed by atoms with Crippen molar-refractivity contribution >= 4 is 16.8 Å². The lowest BCUT2D eigenvalue weighted by molar-refractivity contribution is 0.101. The summed E-state index contributed by atoms with van der Waals surface area (Å²) < 4.78 is 11.1. The van der Waals surface area contributed by atoms with Gasteiger partial charge in [0, 0.05) is 22.1 Å². The van der Waals surface area contributed by atoms with E-state index in [0.717, 1.165) is 5.39 Å². The Kier molecular flexibility index (Phi) is 3.01. The van der Waals surface area contributed by atoms with Gasteiger partial charge in [0.2, 0.25) is 0 Å². The first-order valence-corrected chi connectivity index (χ1v) is 6.63. The van der Waals surface area contributed by atoms with Gasteiger partial charge in [-0.05, 0) is 32.9 Å². The fourth-order valence-corrected chi connectivity index (χ4v) is 2.60. The molecule has 0 aliphatic rings. The van der Waals surface area contributed by atoms with Crippen molar-refractivity contribution in [2.24, 2.45) is 0 Å². The summed E-state index contributed by atoms with van der Waals surface area (Å²) in [7, 11) is 0. The molecule has 4 nitrogen and oxygen atoms in total. The maximum atomic E-state index is 11.9. The molecule has 106 valence electrons. The van der Waals surface area contributed by atoms with E-state index in [2.05, 4.69) is 0 Å². The summed E-state index contributed by atoms with van der Waals surface area (Å²) >= 11 is 0. The average Bonchev–Trinajstić information content (AvgIpc) is 2.86. The molecular formula is C17H14O4. The molecule has 0 saturated heterocycles. The van der Waals surface area contributed by atoms with Gasteiger partial charge in [-0.1, -0.05) is 18.2 Å². The Balaban J connectivity index is 2.32. The number of furan rings is 1. The summed E-state index contributed by atoms with van der Waals surface area (Å²) in [5.41, 5.74) is 1.56. The zero-order valence-electron chi connectivity index (χ0n) is 12.0. The fourth-order valence-electron chi connectivity index (χ4n) is 2.60. The van der Waals surface area contributed by atoms with Crippen molar-refractivity contribution in [2.75, 3.05) is 0 Å². The number of carbonyl (C=O) groups excluding carboxylic acids is 1. The first-order valence-electron chi connectivity index (χ1n) is 6.63. The second-order valence-electron chi connectivity index (χ2n) is 5.05. The number of para-hydroxylation sites is 1. The first kappa shape index (κ1) is 13.4. The summed E-state index contributed by atoms with van der Waals surface area (Å²) in [4.78, 5) is 23.7. The highest BCUT2D eigenvalue weighted by atomic mass is 16.4. The molecule has 0 spiro atoms. The quantitative estimate of drug-likeness (QED) is 0.669. The third-order valence-corrected chi connectivity index (χ3v) is 3.59. The molecule has 0 radical (unpaired) electrons. The lowest BCUT2D eigenvalue weighted by Gasteiger charge is -2.08. The van der Waals surface area contributed by atoms with Crippen LogP contribution in [0.5, 0.6) is 0 Å². The number of benzene rings is 1. The normalized spacial score (nSPS) is 11.0. The van der Waals surface area contributed by atoms with E-state index in [9.17, 15) is 9.59 Å². The van der Waals surface area contributed by atoms with Gasteiger partial charge >= 0.3 is 5.63 Å². The highest BCUT2D eigenvalue weighted by Crippen LogP contribution is 2.31. The molecule has 0 N–H and O–H groups in total. The first-order chi connectivity index (χ1) is 9.99. The maximum absolute atomic E-state index is 11.9. The van der Waals surface area contributed by atoms with E-state index >= 15 is 0 Å². The molecule has 3 aromatic rings. The third-order valence-electron chi connectivity index (χ3n) is 3.59. The van der Waals surface area contributed by atoms with Crippen LogP contribution in [0.1, 0.15) is 28.4 Å². The molecule has 3 rings (SSSR count). The van der Waals surface area contributed by atoms with Gasteiger partial charge in [-0.15, -0.1) is 0 Å². The van der Waals surface area contributed by atoms with E-state index in [1.165, 1.54) is 6.92 Å². The lowest BCUT2D eigenvalue weighted by Crippen LogP contribution is -2.13. The van der Waals surface area contributed by atoms with E-state index in [4.69, 9.17) is 8.83 Å². The second kappa shape index (κ2) is 4.74. The van der Waals surface area contributed by atoms with E-state index in [0.29, 0.717) is 33.8 Å². The smallest absolute Gasteiger partial charge is 0.340 e. The van der Waals surface area contributed by atoms with Crippen LogP contribution < -0.4 is 5.63 Å². The van der Waals surface area contributed by atoms with Crippen LogP contribution in [0.2, 0.25) is 0 Å². The predicted molar refractivity (Wildman–Crippen MR) is 79.7 cm³/mol. The minimum absolute atomic E-state index is 0.157. The van der Waals surface area contributed by atoms with Crippen molar-refractivity contribution < 1.29 is 13.6 Å². The van der Waals surface area contributed by atoms with Gasteiger partial charge in [0.15, 0.2) is 17.3 Å². The zero-order chi connectivity index (χ0) is 15.1. The molecule has 0 bridgehead atoms. The number of fused-ring (bicyclic) bond motifs is 1. The Morgan fingerprint density at radius 2 is 1.76 bits per heavy atom. The van der Waals surface area contributed by atoms with E-state index in [1.54, 1.807) is 19.9 Å². The molecule has 4 heteroatoms. The Hall–Kier alpha value is -2.62. The molecule has 0 saturated carbocycles. The molecule has 0 aliphatic heterocycles. The highest BCUT2D eigenvalue weighted by molar-refractivity contribution is 5.98. The molecule has 0 atom stereocenters. The minimum Gasteiger partial charge on any atom is -0.453 e. The van der Waals surface area contributed by atoms with Crippen LogP contribution in [-0.2, 0) is 0 Å². The van der Waals surface area contributed by atoms with Gasteiger partial charge in [-0.2, -0.15) is 0 Å². The summed E-state index contributed by atoms with van der Waals surface area (Å²) in [6, 6.07) is 9.33. The Labute approximate surface area is 121 Å². The molecule has 1 aromatic carbocycles. The number of carbonyl (C=O) groups is 1. The Morgan fingerprint density at radius 3 is 2.43 bits per heavy atom. The van der Waals surface area contributed by atoms with Gasteiger partial charge in [0.1, 0.15) is 5.58 Å². The minimum atomic E-state index is -0.513. The topological polar surface area (TPSA) is 60.4 Å². The summed E-state index contributed by atoms with van der Waals surface area (Å²) in [5, 5.41) is 0.916. The SMILES string of the molecule is CC(=O)c1c(C)c(-c2cc3ccccc3o2)oc(=O)c1C. The zero-order valence-corrected chi connectivity index (χ0v) is 12.0. The van der Waals surface area contributed by atoms with Crippen LogP contribution in [0.25, 0.3) is 22.5 Å². The molecule has 0 fully saturated rings. The number of rotatable bonds is 2. The molecule has 0 amide bonds. The monoisotopic (exact) mass is 282 g/mol. The van der Waals surface area contributed by atoms with Crippen LogP contribution >= 0.6 is 0 Å². The van der Waals surface area contributed by atoms with E-state index in [1.807, 2.05) is 24.3 Å². The molecule has 21 heavy (non-hydrogen) atoms.